The fourth-order valence-corrected chi connectivity index (χ4v) is 4.57. The molecule has 0 bridgehead atoms. The maximum atomic E-state index is 12.9. The first kappa shape index (κ1) is 23.7. The van der Waals surface area contributed by atoms with Gasteiger partial charge in [-0.15, -0.1) is 11.1 Å². The maximum absolute atomic E-state index is 12.9. The Morgan fingerprint density at radius 2 is 1.82 bits per heavy atom. The quantitative estimate of drug-likeness (QED) is 0.406. The summed E-state index contributed by atoms with van der Waals surface area (Å²) >= 11 is 0. The first-order chi connectivity index (χ1) is 15.9. The third-order valence-corrected chi connectivity index (χ3v) is 6.23. The summed E-state index contributed by atoms with van der Waals surface area (Å²) in [6.07, 6.45) is 19.7. The Bertz CT molecular complexity index is 1350. The monoisotopic (exact) mass is 618 g/mol. The predicted octanol–water partition coefficient (Wildman–Crippen LogP) is 3.76. The van der Waals surface area contributed by atoms with Gasteiger partial charge >= 0.3 is 5.97 Å². The smallest absolute Gasteiger partial charge is 0.334 e. The van der Waals surface area contributed by atoms with E-state index < -0.39 is 11.9 Å². The van der Waals surface area contributed by atoms with Crippen molar-refractivity contribution in [2.24, 2.45) is 4.99 Å². The average Bonchev–Trinajstić information content (AvgIpc) is 3.21. The molecule has 0 saturated heterocycles. The summed E-state index contributed by atoms with van der Waals surface area (Å²) in [5.74, 6) is -1.71. The Balaban J connectivity index is 0.00000274. The zero-order valence-corrected chi connectivity index (χ0v) is 21.7. The fourth-order valence-electron chi connectivity index (χ4n) is 4.57. The van der Waals surface area contributed by atoms with Gasteiger partial charge in [0.2, 0.25) is 0 Å². The van der Waals surface area contributed by atoms with Crippen molar-refractivity contribution in [1.29, 1.82) is 0 Å². The number of aliphatic imine (C=N–C) groups is 1. The van der Waals surface area contributed by atoms with Gasteiger partial charge in [0.25, 0.3) is 0 Å². The summed E-state index contributed by atoms with van der Waals surface area (Å²) in [7, 11) is 4.01. The van der Waals surface area contributed by atoms with E-state index in [9.17, 15) is 14.7 Å². The van der Waals surface area contributed by atoms with E-state index in [1.165, 1.54) is 6.08 Å². The van der Waals surface area contributed by atoms with Gasteiger partial charge in [-0.05, 0) is 47.9 Å². The SMILES string of the molecule is C[N+](C)=C1C=CC(=CN=C2C=CC(=C3Cc4[c-]ccc5c4C3C(=O)C=C5C(=O)O)C=C2)C=C1.[W]. The first-order valence-corrected chi connectivity index (χ1v) is 10.7. The third kappa shape index (κ3) is 4.24. The average molecular weight is 618 g/mol. The van der Waals surface area contributed by atoms with Gasteiger partial charge in [0.05, 0.1) is 5.71 Å². The second-order valence-electron chi connectivity index (χ2n) is 8.48. The van der Waals surface area contributed by atoms with Gasteiger partial charge in [-0.1, -0.05) is 17.7 Å². The van der Waals surface area contributed by atoms with Gasteiger partial charge in [-0.3, -0.25) is 9.79 Å². The molecule has 0 heterocycles. The fraction of sp³-hybridized carbons (Fsp3) is 0.143. The first-order valence-electron chi connectivity index (χ1n) is 10.7. The molecule has 1 atom stereocenters. The van der Waals surface area contributed by atoms with Crippen LogP contribution >= 0.6 is 0 Å². The zero-order chi connectivity index (χ0) is 23.1. The van der Waals surface area contributed by atoms with Crippen molar-refractivity contribution in [2.45, 2.75) is 12.3 Å². The maximum Gasteiger partial charge on any atom is 0.334 e. The van der Waals surface area contributed by atoms with E-state index in [-0.39, 0.29) is 32.4 Å². The molecule has 168 valence electrons. The van der Waals surface area contributed by atoms with E-state index in [2.05, 4.69) is 27.8 Å². The van der Waals surface area contributed by atoms with Crippen LogP contribution in [0.1, 0.15) is 22.6 Å². The standard InChI is InChI=1S/C28H22N2O3.W/c1-30(2)21-12-6-17(7-13-21)16-29-20-10-8-18(9-11-20)23-14-19-4-3-5-22-24(28(32)33)15-25(31)27(23)26(19)22;/h3,5-13,15-16,27H,14H2,1-2H3,(H,32,33);. The van der Waals surface area contributed by atoms with Crippen LogP contribution in [0.2, 0.25) is 0 Å². The van der Waals surface area contributed by atoms with Crippen molar-refractivity contribution in [3.63, 3.8) is 0 Å². The number of carbonyl (C=O) groups excluding carboxylic acids is 1. The van der Waals surface area contributed by atoms with E-state index in [4.69, 9.17) is 0 Å². The van der Waals surface area contributed by atoms with Crippen molar-refractivity contribution in [3.8, 4) is 0 Å². The third-order valence-electron chi connectivity index (χ3n) is 6.23. The second-order valence-corrected chi connectivity index (χ2v) is 8.48. The zero-order valence-electron chi connectivity index (χ0n) is 18.8. The van der Waals surface area contributed by atoms with E-state index in [0.717, 1.165) is 39.3 Å². The Morgan fingerprint density at radius 3 is 2.47 bits per heavy atom. The van der Waals surface area contributed by atoms with Crippen LogP contribution in [0.5, 0.6) is 0 Å². The van der Waals surface area contributed by atoms with Crippen molar-refractivity contribution in [3.05, 3.63) is 112 Å². The van der Waals surface area contributed by atoms with Crippen LogP contribution in [0.3, 0.4) is 0 Å². The molecule has 0 saturated carbocycles. The second kappa shape index (κ2) is 9.44. The number of carboxylic acid groups (broad SMARTS) is 1. The van der Waals surface area contributed by atoms with Gasteiger partial charge in [0, 0.05) is 50.9 Å². The van der Waals surface area contributed by atoms with Crippen molar-refractivity contribution < 1.29 is 40.3 Å². The van der Waals surface area contributed by atoms with Gasteiger partial charge < -0.3 is 5.11 Å². The van der Waals surface area contributed by atoms with Crippen LogP contribution in [0.25, 0.3) is 5.57 Å². The molecule has 4 aliphatic carbocycles. The summed E-state index contributed by atoms with van der Waals surface area (Å²) in [5.41, 5.74) is 7.29. The van der Waals surface area contributed by atoms with Crippen LogP contribution in [0, 0.1) is 6.07 Å². The number of benzene rings is 1. The Labute approximate surface area is 212 Å². The molecule has 34 heavy (non-hydrogen) atoms. The summed E-state index contributed by atoms with van der Waals surface area (Å²) in [6, 6.07) is 6.69. The molecule has 1 aromatic carbocycles. The summed E-state index contributed by atoms with van der Waals surface area (Å²) in [6.45, 7) is 0. The molecule has 6 heteroatoms. The van der Waals surface area contributed by atoms with Crippen molar-refractivity contribution in [1.82, 2.24) is 0 Å². The number of carboxylic acids is 1. The van der Waals surface area contributed by atoms with Gasteiger partial charge in [-0.25, -0.2) is 9.37 Å². The largest absolute Gasteiger partial charge is 0.478 e. The molecular formula is C28H22N2O3W. The number of ketones is 1. The topological polar surface area (TPSA) is 69.7 Å². The number of hydrogen-bond donors (Lipinski definition) is 1. The number of aliphatic carboxylic acids is 1. The molecular weight excluding hydrogens is 596 g/mol. The number of nitrogens with zero attached hydrogens (tertiary/aromatic N) is 2. The molecule has 0 aromatic heterocycles. The molecule has 4 aliphatic rings. The van der Waals surface area contributed by atoms with Gasteiger partial charge in [0.1, 0.15) is 14.1 Å². The Hall–Kier alpha value is -3.43. The number of allylic oxidation sites excluding steroid dienone is 12. The molecule has 1 N–H and O–H groups in total. The molecule has 1 unspecified atom stereocenters. The van der Waals surface area contributed by atoms with E-state index in [1.54, 1.807) is 12.1 Å². The van der Waals surface area contributed by atoms with E-state index >= 15 is 0 Å². The van der Waals surface area contributed by atoms with Crippen molar-refractivity contribution >= 4 is 28.7 Å². The van der Waals surface area contributed by atoms with Gasteiger partial charge in [0.15, 0.2) is 11.5 Å². The normalized spacial score (nSPS) is 19.7. The van der Waals surface area contributed by atoms with Crippen LogP contribution in [-0.2, 0) is 37.1 Å². The number of rotatable bonds is 2. The molecule has 0 fully saturated rings. The van der Waals surface area contributed by atoms with Crippen LogP contribution < -0.4 is 0 Å². The van der Waals surface area contributed by atoms with Crippen LogP contribution in [0.4, 0.5) is 0 Å². The minimum Gasteiger partial charge on any atom is -0.478 e. The minimum atomic E-state index is -1.08. The molecule has 5 nitrogen and oxygen atoms in total. The van der Waals surface area contributed by atoms with Crippen LogP contribution in [-0.4, -0.2) is 47.0 Å². The van der Waals surface area contributed by atoms with Crippen LogP contribution in [0.15, 0.2) is 94.7 Å². The molecule has 0 amide bonds. The summed E-state index contributed by atoms with van der Waals surface area (Å²) in [4.78, 5) is 29.1. The molecule has 5 rings (SSSR count). The molecule has 0 radical (unpaired) electrons. The number of carbonyl (C=O) groups is 2. The van der Waals surface area contributed by atoms with Gasteiger partial charge in [-0.2, -0.15) is 23.8 Å². The molecule has 0 aliphatic heterocycles. The minimum absolute atomic E-state index is 0. The predicted molar refractivity (Wildman–Crippen MR) is 129 cm³/mol. The Morgan fingerprint density at radius 1 is 1.12 bits per heavy atom. The molecule has 0 spiro atoms. The molecule has 1 aromatic rings. The number of hydrogen-bond acceptors (Lipinski definition) is 3. The summed E-state index contributed by atoms with van der Waals surface area (Å²) in [5, 5.41) is 9.53. The summed E-state index contributed by atoms with van der Waals surface area (Å²) < 4.78 is 2.05. The van der Waals surface area contributed by atoms with E-state index in [1.807, 2.05) is 56.8 Å². The Kier molecular flexibility index (Phi) is 6.58. The van der Waals surface area contributed by atoms with Crippen molar-refractivity contribution in [2.75, 3.05) is 14.1 Å². The van der Waals surface area contributed by atoms with E-state index in [0.29, 0.717) is 12.0 Å².